The lowest BCUT2D eigenvalue weighted by Crippen LogP contribution is -2.38. The van der Waals surface area contributed by atoms with Crippen LogP contribution in [0.1, 0.15) is 11.5 Å². The second-order valence-electron chi connectivity index (χ2n) is 5.60. The van der Waals surface area contributed by atoms with Crippen LogP contribution < -0.4 is 5.73 Å². The number of amidine groups is 1. The quantitative estimate of drug-likeness (QED) is 0.821. The maximum atomic E-state index is 9.89. The zero-order valence-corrected chi connectivity index (χ0v) is 13.0. The van der Waals surface area contributed by atoms with Gasteiger partial charge in [0.05, 0.1) is 25.4 Å². The van der Waals surface area contributed by atoms with E-state index in [1.165, 1.54) is 0 Å². The number of benzene rings is 1. The minimum atomic E-state index is -1.46. The van der Waals surface area contributed by atoms with Crippen molar-refractivity contribution < 1.29 is 9.47 Å². The standard InChI is InChI=1S/C15H11BrN4O2/c16-10-3-1-9(2-4-10)11-13(7-17)12(19)20-15(14(11,13)8-18)21-5-6-22-15/h1-4,11H,5-6H2,(H2,19,20). The molecule has 1 spiro atoms. The molecule has 1 aromatic rings. The molecule has 110 valence electrons. The van der Waals surface area contributed by atoms with E-state index in [4.69, 9.17) is 15.2 Å². The lowest BCUT2D eigenvalue weighted by Gasteiger charge is -2.25. The number of fused-ring (bicyclic) bond motifs is 2. The van der Waals surface area contributed by atoms with E-state index in [0.717, 1.165) is 10.0 Å². The second kappa shape index (κ2) is 4.08. The Balaban J connectivity index is 1.92. The molecule has 0 radical (unpaired) electrons. The Labute approximate surface area is 135 Å². The summed E-state index contributed by atoms with van der Waals surface area (Å²) < 4.78 is 12.2. The number of nitriles is 2. The van der Waals surface area contributed by atoms with E-state index in [1.54, 1.807) is 0 Å². The van der Waals surface area contributed by atoms with Gasteiger partial charge in [-0.3, -0.25) is 0 Å². The Bertz CT molecular complexity index is 772. The first-order valence-electron chi connectivity index (χ1n) is 6.80. The van der Waals surface area contributed by atoms with Crippen molar-refractivity contribution in [3.05, 3.63) is 34.3 Å². The molecular weight excluding hydrogens is 348 g/mol. The summed E-state index contributed by atoms with van der Waals surface area (Å²) in [6.45, 7) is 0.656. The molecule has 3 aliphatic rings. The minimum absolute atomic E-state index is 0.117. The first-order chi connectivity index (χ1) is 10.6. The molecule has 2 heterocycles. The van der Waals surface area contributed by atoms with E-state index >= 15 is 0 Å². The topological polar surface area (TPSA) is 104 Å². The Morgan fingerprint density at radius 2 is 1.82 bits per heavy atom. The van der Waals surface area contributed by atoms with Gasteiger partial charge in [-0.2, -0.15) is 10.5 Å². The summed E-state index contributed by atoms with van der Waals surface area (Å²) in [4.78, 5) is 4.23. The maximum absolute atomic E-state index is 9.89. The molecule has 1 aliphatic carbocycles. The predicted molar refractivity (Wildman–Crippen MR) is 79.2 cm³/mol. The van der Waals surface area contributed by atoms with Gasteiger partial charge in [0.15, 0.2) is 5.41 Å². The van der Waals surface area contributed by atoms with E-state index < -0.39 is 22.7 Å². The van der Waals surface area contributed by atoms with Crippen molar-refractivity contribution in [1.82, 2.24) is 0 Å². The third kappa shape index (κ3) is 1.21. The van der Waals surface area contributed by atoms with Crippen LogP contribution in [0.25, 0.3) is 0 Å². The fraction of sp³-hybridized carbons (Fsp3) is 0.400. The highest BCUT2D eigenvalue weighted by molar-refractivity contribution is 9.10. The first-order valence-corrected chi connectivity index (χ1v) is 7.59. The molecule has 1 saturated carbocycles. The van der Waals surface area contributed by atoms with Gasteiger partial charge in [0, 0.05) is 10.4 Å². The fourth-order valence-electron chi connectivity index (χ4n) is 3.87. The summed E-state index contributed by atoms with van der Waals surface area (Å²) >= 11 is 3.38. The van der Waals surface area contributed by atoms with Crippen LogP contribution in [0, 0.1) is 33.5 Å². The van der Waals surface area contributed by atoms with Crippen molar-refractivity contribution in [3.63, 3.8) is 0 Å². The van der Waals surface area contributed by atoms with Crippen LogP contribution in [0.15, 0.2) is 33.7 Å². The monoisotopic (exact) mass is 358 g/mol. The van der Waals surface area contributed by atoms with Crippen molar-refractivity contribution in [2.45, 2.75) is 11.8 Å². The highest BCUT2D eigenvalue weighted by atomic mass is 79.9. The summed E-state index contributed by atoms with van der Waals surface area (Å²) in [7, 11) is 0. The van der Waals surface area contributed by atoms with Crippen LogP contribution in [0.5, 0.6) is 0 Å². The van der Waals surface area contributed by atoms with Crippen molar-refractivity contribution in [2.24, 2.45) is 21.6 Å². The Morgan fingerprint density at radius 3 is 2.36 bits per heavy atom. The molecule has 1 aromatic carbocycles. The smallest absolute Gasteiger partial charge is 0.293 e. The predicted octanol–water partition coefficient (Wildman–Crippen LogP) is 1.64. The third-order valence-corrected chi connectivity index (χ3v) is 5.34. The van der Waals surface area contributed by atoms with E-state index in [0.29, 0.717) is 13.2 Å². The number of ether oxygens (including phenoxy) is 2. The van der Waals surface area contributed by atoms with Gasteiger partial charge >= 0.3 is 0 Å². The average molecular weight is 359 g/mol. The van der Waals surface area contributed by atoms with Gasteiger partial charge in [-0.25, -0.2) is 4.99 Å². The molecule has 2 N–H and O–H groups in total. The van der Waals surface area contributed by atoms with Crippen LogP contribution >= 0.6 is 15.9 Å². The lowest BCUT2D eigenvalue weighted by atomic mass is 9.94. The molecule has 0 amide bonds. The molecule has 4 rings (SSSR count). The average Bonchev–Trinajstić information content (AvgIpc) is 2.77. The Morgan fingerprint density at radius 1 is 1.18 bits per heavy atom. The molecule has 0 bridgehead atoms. The Hall–Kier alpha value is -1.93. The van der Waals surface area contributed by atoms with Crippen molar-refractivity contribution in [1.29, 1.82) is 10.5 Å². The molecule has 1 saturated heterocycles. The molecule has 6 nitrogen and oxygen atoms in total. The minimum Gasteiger partial charge on any atom is -0.386 e. The molecule has 2 fully saturated rings. The van der Waals surface area contributed by atoms with Crippen LogP contribution in [0.4, 0.5) is 0 Å². The van der Waals surface area contributed by atoms with Crippen molar-refractivity contribution in [3.8, 4) is 12.1 Å². The van der Waals surface area contributed by atoms with Crippen LogP contribution in [0.3, 0.4) is 0 Å². The number of halogens is 1. The third-order valence-electron chi connectivity index (χ3n) is 4.81. The van der Waals surface area contributed by atoms with Gasteiger partial charge in [-0.1, -0.05) is 28.1 Å². The van der Waals surface area contributed by atoms with Gasteiger partial charge < -0.3 is 15.2 Å². The second-order valence-corrected chi connectivity index (χ2v) is 6.52. The fourth-order valence-corrected chi connectivity index (χ4v) is 4.14. The number of nitrogens with two attached hydrogens (primary N) is 1. The van der Waals surface area contributed by atoms with E-state index in [9.17, 15) is 10.5 Å². The molecule has 0 aromatic heterocycles. The number of hydrogen-bond donors (Lipinski definition) is 1. The SMILES string of the molecule is N#CC12C(N)=NC3(OCCO3)C1(C#N)C2c1ccc(Br)cc1. The highest BCUT2D eigenvalue weighted by Gasteiger charge is 2.94. The van der Waals surface area contributed by atoms with Gasteiger partial charge in [0.2, 0.25) is 0 Å². The van der Waals surface area contributed by atoms with Crippen LogP contribution in [0.2, 0.25) is 0 Å². The van der Waals surface area contributed by atoms with Crippen LogP contribution in [-0.4, -0.2) is 25.0 Å². The van der Waals surface area contributed by atoms with Crippen molar-refractivity contribution >= 4 is 21.8 Å². The summed E-state index contributed by atoms with van der Waals surface area (Å²) in [5.74, 6) is -1.76. The lowest BCUT2D eigenvalue weighted by molar-refractivity contribution is -0.184. The van der Waals surface area contributed by atoms with Gasteiger partial charge in [0.1, 0.15) is 11.3 Å². The molecule has 22 heavy (non-hydrogen) atoms. The Kier molecular flexibility index (Phi) is 2.54. The zero-order chi connectivity index (χ0) is 15.6. The number of rotatable bonds is 1. The van der Waals surface area contributed by atoms with E-state index in [-0.39, 0.29) is 5.84 Å². The molecule has 3 atom stereocenters. The zero-order valence-electron chi connectivity index (χ0n) is 11.4. The van der Waals surface area contributed by atoms with E-state index in [1.807, 2.05) is 24.3 Å². The summed E-state index contributed by atoms with van der Waals surface area (Å²) in [5, 5.41) is 19.7. The number of aliphatic imine (C=N–C) groups is 1. The number of hydrogen-bond acceptors (Lipinski definition) is 6. The van der Waals surface area contributed by atoms with Gasteiger partial charge in [-0.15, -0.1) is 0 Å². The molecular formula is C15H11BrN4O2. The largest absolute Gasteiger partial charge is 0.386 e. The van der Waals surface area contributed by atoms with E-state index in [2.05, 4.69) is 33.1 Å². The molecule has 7 heteroatoms. The van der Waals surface area contributed by atoms with Gasteiger partial charge in [0.25, 0.3) is 5.91 Å². The first kappa shape index (κ1) is 13.7. The summed E-state index contributed by atoms with van der Waals surface area (Å²) in [6, 6.07) is 12.0. The van der Waals surface area contributed by atoms with Gasteiger partial charge in [-0.05, 0) is 17.7 Å². The normalized spacial score (nSPS) is 37.2. The number of nitrogens with zero attached hydrogens (tertiary/aromatic N) is 3. The van der Waals surface area contributed by atoms with Crippen LogP contribution in [-0.2, 0) is 9.47 Å². The molecule has 2 aliphatic heterocycles. The summed E-state index contributed by atoms with van der Waals surface area (Å²) in [6.07, 6.45) is 0. The maximum Gasteiger partial charge on any atom is 0.293 e. The highest BCUT2D eigenvalue weighted by Crippen LogP contribution is 2.82. The molecule has 3 unspecified atom stereocenters. The summed E-state index contributed by atoms with van der Waals surface area (Å²) in [5.41, 5.74) is 4.47. The van der Waals surface area contributed by atoms with Crippen molar-refractivity contribution in [2.75, 3.05) is 13.2 Å².